The number of sulfonamides is 1. The molecule has 1 fully saturated rings. The molecule has 7 heteroatoms. The summed E-state index contributed by atoms with van der Waals surface area (Å²) < 4.78 is 28.0. The van der Waals surface area contributed by atoms with Crippen molar-refractivity contribution in [2.24, 2.45) is 0 Å². The van der Waals surface area contributed by atoms with Gasteiger partial charge in [0.1, 0.15) is 4.90 Å². The first-order chi connectivity index (χ1) is 8.50. The lowest BCUT2D eigenvalue weighted by molar-refractivity contribution is 0.436. The first-order valence-corrected chi connectivity index (χ1v) is 7.40. The Balaban J connectivity index is 2.38. The molecule has 1 heterocycles. The van der Waals surface area contributed by atoms with E-state index in [4.69, 9.17) is 5.73 Å². The van der Waals surface area contributed by atoms with Crippen molar-refractivity contribution in [2.45, 2.75) is 37.2 Å². The van der Waals surface area contributed by atoms with Gasteiger partial charge in [-0.2, -0.15) is 9.40 Å². The molecule has 0 atom stereocenters. The first kappa shape index (κ1) is 13.1. The predicted octanol–water partition coefficient (Wildman–Crippen LogP) is 0.824. The average Bonchev–Trinajstić information content (AvgIpc) is 3.08. The smallest absolute Gasteiger partial charge is 0.248 e. The molecule has 0 aliphatic heterocycles. The number of nitrogen functional groups attached to an aromatic ring is 1. The van der Waals surface area contributed by atoms with E-state index >= 15 is 0 Å². The molecule has 100 valence electrons. The monoisotopic (exact) mass is 270 g/mol. The van der Waals surface area contributed by atoms with Crippen LogP contribution in [0, 0.1) is 0 Å². The molecular weight excluding hydrogens is 252 g/mol. The molecule has 1 saturated carbocycles. The Morgan fingerprint density at radius 1 is 1.67 bits per heavy atom. The molecule has 1 aromatic heterocycles. The number of hydrogen-bond donors (Lipinski definition) is 1. The third kappa shape index (κ3) is 2.28. The van der Waals surface area contributed by atoms with E-state index in [2.05, 4.69) is 11.7 Å². The van der Waals surface area contributed by atoms with Crippen LogP contribution in [0.1, 0.15) is 19.8 Å². The van der Waals surface area contributed by atoms with Crippen molar-refractivity contribution in [3.8, 4) is 0 Å². The van der Waals surface area contributed by atoms with Gasteiger partial charge in [0, 0.05) is 25.3 Å². The van der Waals surface area contributed by atoms with Crippen molar-refractivity contribution in [1.82, 2.24) is 14.1 Å². The molecule has 2 N–H and O–H groups in total. The fraction of sp³-hybridized carbons (Fsp3) is 0.545. The molecule has 1 aromatic rings. The highest BCUT2D eigenvalue weighted by molar-refractivity contribution is 7.89. The van der Waals surface area contributed by atoms with Crippen LogP contribution in [0.2, 0.25) is 0 Å². The van der Waals surface area contributed by atoms with Crippen molar-refractivity contribution >= 4 is 15.8 Å². The molecule has 1 aliphatic rings. The number of hydrogen-bond acceptors (Lipinski definition) is 4. The summed E-state index contributed by atoms with van der Waals surface area (Å²) in [4.78, 5) is 0.0955. The molecular formula is C11H18N4O2S. The van der Waals surface area contributed by atoms with Crippen LogP contribution in [0.25, 0.3) is 0 Å². The van der Waals surface area contributed by atoms with Crippen LogP contribution < -0.4 is 5.73 Å². The maximum atomic E-state index is 12.5. The summed E-state index contributed by atoms with van der Waals surface area (Å²) in [6.07, 6.45) is 4.88. The Hall–Kier alpha value is -1.34. The minimum Gasteiger partial charge on any atom is -0.381 e. The lowest BCUT2D eigenvalue weighted by atomic mass is 10.6. The second-order valence-electron chi connectivity index (χ2n) is 4.33. The van der Waals surface area contributed by atoms with Gasteiger partial charge >= 0.3 is 0 Å². The molecule has 6 nitrogen and oxygen atoms in total. The molecule has 0 bridgehead atoms. The maximum absolute atomic E-state index is 12.5. The van der Waals surface area contributed by atoms with Crippen LogP contribution in [0.15, 0.2) is 23.7 Å². The highest BCUT2D eigenvalue weighted by Crippen LogP contribution is 2.33. The standard InChI is InChI=1S/C11H18N4O2S/c1-3-7-15(9-5-6-9)18(16,17)10-8-14(4-2)13-11(10)12/h3,8-9H,1,4-7H2,2H3,(H2,12,13). The molecule has 1 aliphatic carbocycles. The van der Waals surface area contributed by atoms with Crippen molar-refractivity contribution in [2.75, 3.05) is 12.3 Å². The lowest BCUT2D eigenvalue weighted by Gasteiger charge is -2.19. The highest BCUT2D eigenvalue weighted by Gasteiger charge is 2.38. The van der Waals surface area contributed by atoms with Gasteiger partial charge in [-0.05, 0) is 19.8 Å². The van der Waals surface area contributed by atoms with Crippen molar-refractivity contribution in [3.63, 3.8) is 0 Å². The van der Waals surface area contributed by atoms with E-state index in [1.165, 1.54) is 15.2 Å². The van der Waals surface area contributed by atoms with E-state index in [1.807, 2.05) is 6.92 Å². The second-order valence-corrected chi connectivity index (χ2v) is 6.19. The predicted molar refractivity (Wildman–Crippen MR) is 69.4 cm³/mol. The Morgan fingerprint density at radius 3 is 2.78 bits per heavy atom. The minimum atomic E-state index is -3.57. The number of nitrogens with zero attached hydrogens (tertiary/aromatic N) is 3. The highest BCUT2D eigenvalue weighted by atomic mass is 32.2. The molecule has 0 amide bonds. The van der Waals surface area contributed by atoms with Gasteiger partial charge in [0.25, 0.3) is 0 Å². The second kappa shape index (κ2) is 4.74. The third-order valence-electron chi connectivity index (χ3n) is 2.93. The van der Waals surface area contributed by atoms with E-state index in [1.54, 1.807) is 6.08 Å². The quantitative estimate of drug-likeness (QED) is 0.776. The van der Waals surface area contributed by atoms with Gasteiger partial charge in [-0.15, -0.1) is 6.58 Å². The number of anilines is 1. The molecule has 0 unspecified atom stereocenters. The topological polar surface area (TPSA) is 81.2 Å². The SMILES string of the molecule is C=CCN(C1CC1)S(=O)(=O)c1cn(CC)nc1N. The minimum absolute atomic E-state index is 0.0616. The summed E-state index contributed by atoms with van der Waals surface area (Å²) in [6.45, 7) is 6.38. The van der Waals surface area contributed by atoms with Gasteiger partial charge in [-0.1, -0.05) is 6.08 Å². The van der Waals surface area contributed by atoms with Crippen molar-refractivity contribution in [1.29, 1.82) is 0 Å². The van der Waals surface area contributed by atoms with Crippen LogP contribution in [0.3, 0.4) is 0 Å². The number of nitrogens with two attached hydrogens (primary N) is 1. The molecule has 0 saturated heterocycles. The van der Waals surface area contributed by atoms with E-state index in [0.29, 0.717) is 13.1 Å². The van der Waals surface area contributed by atoms with Crippen molar-refractivity contribution < 1.29 is 8.42 Å². The van der Waals surface area contributed by atoms with E-state index in [-0.39, 0.29) is 16.8 Å². The average molecular weight is 270 g/mol. The summed E-state index contributed by atoms with van der Waals surface area (Å²) >= 11 is 0. The fourth-order valence-corrected chi connectivity index (χ4v) is 3.56. The van der Waals surface area contributed by atoms with Crippen LogP contribution >= 0.6 is 0 Å². The van der Waals surface area contributed by atoms with Crippen LogP contribution in [-0.4, -0.2) is 35.1 Å². The largest absolute Gasteiger partial charge is 0.381 e. The van der Waals surface area contributed by atoms with Gasteiger partial charge in [-0.3, -0.25) is 4.68 Å². The van der Waals surface area contributed by atoms with Crippen molar-refractivity contribution in [3.05, 3.63) is 18.9 Å². The normalized spacial score (nSPS) is 16.1. The van der Waals surface area contributed by atoms with Gasteiger partial charge in [-0.25, -0.2) is 8.42 Å². The third-order valence-corrected chi connectivity index (χ3v) is 4.86. The number of aromatic nitrogens is 2. The van der Waals surface area contributed by atoms with E-state index in [9.17, 15) is 8.42 Å². The van der Waals surface area contributed by atoms with E-state index in [0.717, 1.165) is 12.8 Å². The zero-order chi connectivity index (χ0) is 13.3. The summed E-state index contributed by atoms with van der Waals surface area (Å²) in [5.74, 6) is 0.0616. The molecule has 0 spiro atoms. The van der Waals surface area contributed by atoms with Gasteiger partial charge in [0.05, 0.1) is 0 Å². The maximum Gasteiger partial charge on any atom is 0.248 e. The number of rotatable bonds is 6. The molecule has 0 aromatic carbocycles. The first-order valence-electron chi connectivity index (χ1n) is 5.96. The summed E-state index contributed by atoms with van der Waals surface area (Å²) in [5.41, 5.74) is 5.69. The van der Waals surface area contributed by atoms with Gasteiger partial charge < -0.3 is 5.73 Å². The summed E-state index contributed by atoms with van der Waals surface area (Å²) in [5, 5.41) is 3.98. The Labute approximate surface area is 107 Å². The zero-order valence-corrected chi connectivity index (χ0v) is 11.2. The lowest BCUT2D eigenvalue weighted by Crippen LogP contribution is -2.33. The van der Waals surface area contributed by atoms with Gasteiger partial charge in [0.15, 0.2) is 5.82 Å². The summed E-state index contributed by atoms with van der Waals surface area (Å²) in [6, 6.07) is 0.0809. The Morgan fingerprint density at radius 2 is 2.33 bits per heavy atom. The molecule has 18 heavy (non-hydrogen) atoms. The van der Waals surface area contributed by atoms with E-state index < -0.39 is 10.0 Å². The summed E-state index contributed by atoms with van der Waals surface area (Å²) in [7, 11) is -3.57. The zero-order valence-electron chi connectivity index (χ0n) is 10.4. The van der Waals surface area contributed by atoms with Crippen LogP contribution in [0.4, 0.5) is 5.82 Å². The Bertz CT molecular complexity index is 545. The fourth-order valence-electron chi connectivity index (χ4n) is 1.84. The van der Waals surface area contributed by atoms with Gasteiger partial charge in [0.2, 0.25) is 10.0 Å². The Kier molecular flexibility index (Phi) is 3.45. The molecule has 2 rings (SSSR count). The van der Waals surface area contributed by atoms with Crippen LogP contribution in [-0.2, 0) is 16.6 Å². The molecule has 0 radical (unpaired) electrons. The number of aryl methyl sites for hydroxylation is 1. The van der Waals surface area contributed by atoms with Crippen LogP contribution in [0.5, 0.6) is 0 Å².